The van der Waals surface area contributed by atoms with E-state index in [9.17, 15) is 0 Å². The number of rotatable bonds is 0. The standard InChI is InChI=1S/5C5H9N.CO.W/c5*1-5(2,3)4-6;1-2;/h5*1-3H3;;. The second-order valence-electron chi connectivity index (χ2n) is 11.8. The third-order valence-electron chi connectivity index (χ3n) is 1.68. The van der Waals surface area contributed by atoms with Crippen LogP contribution in [0, 0.1) is 83.7 Å². The number of hydrogen-bond acceptors (Lipinski definition) is 6. The van der Waals surface area contributed by atoms with Crippen LogP contribution in [0.25, 0.3) is 0 Å². The first-order valence-electron chi connectivity index (χ1n) is 10.1. The number of carbonyl (C=O) groups excluding carboxylic acids is 1. The summed E-state index contributed by atoms with van der Waals surface area (Å²) < 4.78 is 0. The van der Waals surface area contributed by atoms with Gasteiger partial charge in [0.15, 0.2) is 0 Å². The van der Waals surface area contributed by atoms with E-state index >= 15 is 0 Å². The molecule has 0 bridgehead atoms. The molecule has 0 atom stereocenters. The monoisotopic (exact) mass is 627 g/mol. The average Bonchev–Trinajstić information content (AvgIpc) is 2.62. The Bertz CT molecular complexity index is 522. The molecule has 0 aromatic carbocycles. The van der Waals surface area contributed by atoms with Gasteiger partial charge in [-0.25, -0.2) is 0 Å². The quantitative estimate of drug-likeness (QED) is 0.275. The first-order chi connectivity index (χ1) is 13.8. The summed E-state index contributed by atoms with van der Waals surface area (Å²) in [5, 5.41) is 40.8. The van der Waals surface area contributed by atoms with E-state index < -0.39 is 0 Å². The summed E-state index contributed by atoms with van der Waals surface area (Å²) in [5.41, 5.74) is -0.764. The normalized spacial score (nSPS) is 9.52. The van der Waals surface area contributed by atoms with E-state index in [-0.39, 0.29) is 48.1 Å². The molecule has 0 aromatic heterocycles. The summed E-state index contributed by atoms with van der Waals surface area (Å²) in [6.45, 7) is 32.7. The molecule has 0 saturated carbocycles. The van der Waals surface area contributed by atoms with Crippen LogP contribution in [-0.2, 0) is 25.9 Å². The van der Waals surface area contributed by atoms with Crippen molar-refractivity contribution in [3.8, 4) is 30.3 Å². The number of hydrogen-bond donors (Lipinski definition) is 0. The third kappa shape index (κ3) is 141. The van der Waals surface area contributed by atoms with Crippen molar-refractivity contribution < 1.29 is 25.9 Å². The zero-order valence-corrected chi connectivity index (χ0v) is 26.5. The van der Waals surface area contributed by atoms with Gasteiger partial charge in [0.1, 0.15) is 0 Å². The van der Waals surface area contributed by atoms with E-state index in [1.807, 2.05) is 104 Å². The van der Waals surface area contributed by atoms with Gasteiger partial charge >= 0.3 is 0 Å². The van der Waals surface area contributed by atoms with Crippen molar-refractivity contribution in [1.29, 1.82) is 26.3 Å². The van der Waals surface area contributed by atoms with E-state index in [1.54, 1.807) is 0 Å². The van der Waals surface area contributed by atoms with Crippen molar-refractivity contribution in [2.24, 2.45) is 27.1 Å². The topological polar surface area (TPSA) is 136 Å². The van der Waals surface area contributed by atoms with E-state index in [2.05, 4.69) is 37.1 Å². The third-order valence-corrected chi connectivity index (χ3v) is 1.68. The number of nitrogens with zero attached hydrogens (tertiary/aromatic N) is 5. The molecule has 0 heterocycles. The van der Waals surface area contributed by atoms with Crippen molar-refractivity contribution in [3.05, 3.63) is 0 Å². The van der Waals surface area contributed by atoms with Crippen LogP contribution in [0.2, 0.25) is 0 Å². The maximum Gasteiger partial charge on any atom is 0.281 e. The van der Waals surface area contributed by atoms with Gasteiger partial charge in [-0.05, 0) is 104 Å². The van der Waals surface area contributed by atoms with Gasteiger partial charge in [-0.3, -0.25) is 4.79 Å². The molecule has 0 amide bonds. The summed E-state index contributed by atoms with van der Waals surface area (Å²) in [4.78, 5) is 7.50. The maximum atomic E-state index is 8.15. The van der Waals surface area contributed by atoms with Crippen molar-refractivity contribution in [2.75, 3.05) is 0 Å². The van der Waals surface area contributed by atoms with E-state index in [4.69, 9.17) is 31.1 Å². The largest absolute Gasteiger partial charge is 0.281 e. The van der Waals surface area contributed by atoms with Gasteiger partial charge in [-0.2, -0.15) is 26.3 Å². The molecule has 0 spiro atoms. The molecule has 0 N–H and O–H groups in total. The molecule has 0 aliphatic heterocycles. The zero-order chi connectivity index (χ0) is 28.0. The Morgan fingerprint density at radius 1 is 0.364 bits per heavy atom. The molecular formula is C26H45N5OW. The average molecular weight is 628 g/mol. The van der Waals surface area contributed by atoms with E-state index in [0.717, 1.165) is 0 Å². The van der Waals surface area contributed by atoms with Crippen molar-refractivity contribution in [1.82, 2.24) is 0 Å². The Hall–Kier alpha value is -2.19. The summed E-state index contributed by atoms with van der Waals surface area (Å²) in [6, 6.07) is 10.5. The summed E-state index contributed by atoms with van der Waals surface area (Å²) in [7, 11) is 0. The molecule has 0 aliphatic carbocycles. The van der Waals surface area contributed by atoms with Crippen LogP contribution in [0.15, 0.2) is 0 Å². The van der Waals surface area contributed by atoms with Crippen LogP contribution in [0.5, 0.6) is 0 Å². The smallest absolute Gasteiger partial charge is 0.281 e. The minimum Gasteiger partial charge on any atom is -0.281 e. The minimum absolute atomic E-state index is 0. The Balaban J connectivity index is -0.0000000498. The first kappa shape index (κ1) is 48.3. The fourth-order valence-corrected chi connectivity index (χ4v) is 0. The SMILES string of the molecule is CC(C)(C)C#N.CC(C)(C)C#N.CC(C)(C)C#N.CC(C)(C)C#N.CC(C)(C)C#N.[C]=O.[W]. The zero-order valence-electron chi connectivity index (χ0n) is 23.6. The second-order valence-corrected chi connectivity index (χ2v) is 11.8. The molecule has 33 heavy (non-hydrogen) atoms. The van der Waals surface area contributed by atoms with Crippen LogP contribution < -0.4 is 0 Å². The molecule has 0 unspecified atom stereocenters. The molecule has 186 valence electrons. The van der Waals surface area contributed by atoms with Gasteiger partial charge in [0.2, 0.25) is 0 Å². The molecule has 0 rings (SSSR count). The van der Waals surface area contributed by atoms with Crippen LogP contribution in [-0.4, -0.2) is 6.79 Å². The van der Waals surface area contributed by atoms with Gasteiger partial charge < -0.3 is 0 Å². The van der Waals surface area contributed by atoms with E-state index in [1.165, 1.54) is 0 Å². The Morgan fingerprint density at radius 3 is 0.394 bits per heavy atom. The van der Waals surface area contributed by atoms with Crippen LogP contribution in [0.4, 0.5) is 0 Å². The molecule has 0 fully saturated rings. The predicted octanol–water partition coefficient (Wildman–Crippen LogP) is 7.38. The molecular weight excluding hydrogens is 582 g/mol. The van der Waals surface area contributed by atoms with Crippen molar-refractivity contribution in [2.45, 2.75) is 104 Å². The van der Waals surface area contributed by atoms with Crippen LogP contribution >= 0.6 is 0 Å². The Morgan fingerprint density at radius 2 is 0.394 bits per heavy atom. The van der Waals surface area contributed by atoms with Gasteiger partial charge in [0.05, 0.1) is 30.3 Å². The Kier molecular flexibility index (Phi) is 33.6. The van der Waals surface area contributed by atoms with E-state index in [0.29, 0.717) is 0 Å². The van der Waals surface area contributed by atoms with Crippen molar-refractivity contribution >= 4 is 6.79 Å². The van der Waals surface area contributed by atoms with Crippen LogP contribution in [0.1, 0.15) is 104 Å². The minimum atomic E-state index is -0.153. The van der Waals surface area contributed by atoms with Gasteiger partial charge in [0.25, 0.3) is 6.79 Å². The number of nitriles is 5. The van der Waals surface area contributed by atoms with Gasteiger partial charge in [-0.15, -0.1) is 0 Å². The summed E-state index contributed by atoms with van der Waals surface area (Å²) >= 11 is 0. The molecule has 7 heteroatoms. The Labute approximate surface area is 219 Å². The van der Waals surface area contributed by atoms with Gasteiger partial charge in [0, 0.05) is 48.1 Å². The molecule has 0 saturated heterocycles. The summed E-state index contributed by atoms with van der Waals surface area (Å²) in [6.07, 6.45) is 0. The summed E-state index contributed by atoms with van der Waals surface area (Å²) in [5.74, 6) is 0. The molecule has 2 radical (unpaired) electrons. The molecule has 0 aromatic rings. The first-order valence-corrected chi connectivity index (χ1v) is 10.1. The second kappa shape index (κ2) is 23.0. The fourth-order valence-electron chi connectivity index (χ4n) is 0. The van der Waals surface area contributed by atoms with Crippen LogP contribution in [0.3, 0.4) is 0 Å². The fraction of sp³-hybridized carbons (Fsp3) is 0.769. The predicted molar refractivity (Wildman–Crippen MR) is 131 cm³/mol. The molecule has 6 nitrogen and oxygen atoms in total. The van der Waals surface area contributed by atoms with Crippen molar-refractivity contribution in [3.63, 3.8) is 0 Å². The van der Waals surface area contributed by atoms with Gasteiger partial charge in [-0.1, -0.05) is 0 Å². The maximum absolute atomic E-state index is 8.15. The molecule has 0 aliphatic rings.